The van der Waals surface area contributed by atoms with Crippen LogP contribution in [0.1, 0.15) is 11.1 Å². The average molecular weight is 503 g/mol. The summed E-state index contributed by atoms with van der Waals surface area (Å²) in [6.07, 6.45) is 0. The van der Waals surface area contributed by atoms with Crippen molar-refractivity contribution in [2.75, 3.05) is 4.31 Å². The van der Waals surface area contributed by atoms with E-state index < -0.39 is 24.4 Å². The van der Waals surface area contributed by atoms with Crippen molar-refractivity contribution in [3.05, 3.63) is 64.1 Å². The number of primary sulfonamides is 1. The minimum Gasteiger partial charge on any atom is -0.235 e. The number of benzene rings is 2. The Balaban J connectivity index is 2.09. The number of aromatic nitrogens is 2. The fourth-order valence-electron chi connectivity index (χ4n) is 2.27. The summed E-state index contributed by atoms with van der Waals surface area (Å²) in [7, 11) is -8.11. The van der Waals surface area contributed by atoms with Crippen molar-refractivity contribution in [1.82, 2.24) is 10.2 Å². The predicted molar refractivity (Wildman–Crippen MR) is 110 cm³/mol. The summed E-state index contributed by atoms with van der Waals surface area (Å²) >= 11 is 3.93. The molecule has 0 fully saturated rings. The molecule has 0 aliphatic heterocycles. The van der Waals surface area contributed by atoms with E-state index in [-0.39, 0.29) is 16.6 Å². The van der Waals surface area contributed by atoms with Crippen molar-refractivity contribution in [2.24, 2.45) is 5.14 Å². The van der Waals surface area contributed by atoms with Crippen molar-refractivity contribution in [3.8, 4) is 0 Å². The zero-order chi connectivity index (χ0) is 20.5. The van der Waals surface area contributed by atoms with Gasteiger partial charge in [-0.3, -0.25) is 0 Å². The van der Waals surface area contributed by atoms with Crippen LogP contribution in [-0.2, 0) is 26.6 Å². The van der Waals surface area contributed by atoms with E-state index in [4.69, 9.17) is 5.14 Å². The van der Waals surface area contributed by atoms with Gasteiger partial charge < -0.3 is 0 Å². The lowest BCUT2D eigenvalue weighted by Gasteiger charge is -2.21. The maximum atomic E-state index is 13.2. The van der Waals surface area contributed by atoms with Crippen LogP contribution in [0.2, 0.25) is 0 Å². The fourth-order valence-corrected chi connectivity index (χ4v) is 5.56. The second kappa shape index (κ2) is 7.87. The molecule has 1 heterocycles. The first-order valence-electron chi connectivity index (χ1n) is 7.77. The van der Waals surface area contributed by atoms with Gasteiger partial charge in [-0.05, 0) is 36.8 Å². The molecule has 0 spiro atoms. The Morgan fingerprint density at radius 1 is 1.00 bits per heavy atom. The number of hydrogen-bond acceptors (Lipinski definition) is 7. The quantitative estimate of drug-likeness (QED) is 0.552. The zero-order valence-electron chi connectivity index (χ0n) is 14.5. The van der Waals surface area contributed by atoms with E-state index in [0.717, 1.165) is 14.3 Å². The first-order chi connectivity index (χ1) is 13.1. The normalized spacial score (nSPS) is 12.1. The minimum atomic E-state index is -4.09. The molecule has 0 radical (unpaired) electrons. The second-order valence-corrected chi connectivity index (χ2v) is 11.3. The summed E-state index contributed by atoms with van der Waals surface area (Å²) in [4.78, 5) is 0.0579. The predicted octanol–water partition coefficient (Wildman–Crippen LogP) is 2.65. The molecular formula is C16H15BrN4O4S3. The average Bonchev–Trinajstić information content (AvgIpc) is 3.11. The largest absolute Gasteiger partial charge is 0.267 e. The number of sulfonamides is 2. The number of halogens is 1. The van der Waals surface area contributed by atoms with Crippen LogP contribution in [0.3, 0.4) is 0 Å². The Morgan fingerprint density at radius 2 is 1.61 bits per heavy atom. The summed E-state index contributed by atoms with van der Waals surface area (Å²) in [6, 6.07) is 13.4. The molecule has 2 N–H and O–H groups in total. The third-order valence-electron chi connectivity index (χ3n) is 3.70. The topological polar surface area (TPSA) is 123 Å². The van der Waals surface area contributed by atoms with Crippen LogP contribution in [-0.4, -0.2) is 27.0 Å². The number of hydrogen-bond donors (Lipinski definition) is 1. The smallest absolute Gasteiger partial charge is 0.235 e. The summed E-state index contributed by atoms with van der Waals surface area (Å²) in [5.41, 5.74) is 1.59. The van der Waals surface area contributed by atoms with Gasteiger partial charge in [0.1, 0.15) is 0 Å². The first kappa shape index (κ1) is 20.9. The van der Waals surface area contributed by atoms with Gasteiger partial charge in [0.05, 0.1) is 11.4 Å². The minimum absolute atomic E-state index is 0.0528. The fraction of sp³-hybridized carbons (Fsp3) is 0.125. The Labute approximate surface area is 175 Å². The summed E-state index contributed by atoms with van der Waals surface area (Å²) in [5, 5.41) is 12.3. The standard InChI is InChI=1S/C16H15BrN4O4S3/c1-11-2-8-14(9-3-11)28(24,25)21(10-12-4-6-13(17)7-5-12)15-19-20-16(26-15)27(18,22)23/h2-9H,10H2,1H3,(H2,18,22,23). The van der Waals surface area contributed by atoms with Crippen molar-refractivity contribution >= 4 is 52.4 Å². The molecule has 148 valence electrons. The lowest BCUT2D eigenvalue weighted by atomic mass is 10.2. The van der Waals surface area contributed by atoms with E-state index in [0.29, 0.717) is 16.9 Å². The van der Waals surface area contributed by atoms with Crippen LogP contribution in [0.25, 0.3) is 0 Å². The van der Waals surface area contributed by atoms with E-state index in [1.807, 2.05) is 6.92 Å². The highest BCUT2D eigenvalue weighted by atomic mass is 79.9. The van der Waals surface area contributed by atoms with Crippen molar-refractivity contribution in [1.29, 1.82) is 0 Å². The lowest BCUT2D eigenvalue weighted by molar-refractivity contribution is 0.590. The van der Waals surface area contributed by atoms with Crippen molar-refractivity contribution < 1.29 is 16.8 Å². The molecule has 3 rings (SSSR count). The number of nitrogens with zero attached hydrogens (tertiary/aromatic N) is 3. The molecule has 0 unspecified atom stereocenters. The molecule has 8 nitrogen and oxygen atoms in total. The maximum Gasteiger partial charge on any atom is 0.267 e. The second-order valence-electron chi connectivity index (χ2n) is 5.85. The third kappa shape index (κ3) is 4.58. The summed E-state index contributed by atoms with van der Waals surface area (Å²) in [6.45, 7) is 1.79. The van der Waals surface area contributed by atoms with Crippen LogP contribution in [0, 0.1) is 6.92 Å². The van der Waals surface area contributed by atoms with Crippen molar-refractivity contribution in [2.45, 2.75) is 22.7 Å². The zero-order valence-corrected chi connectivity index (χ0v) is 18.5. The molecule has 3 aromatic rings. The van der Waals surface area contributed by atoms with Gasteiger partial charge in [0, 0.05) is 4.47 Å². The summed E-state index contributed by atoms with van der Waals surface area (Å²) < 4.78 is 51.0. The van der Waals surface area contributed by atoms with Gasteiger partial charge in [0.2, 0.25) is 9.47 Å². The molecule has 12 heteroatoms. The van der Waals surface area contributed by atoms with Crippen LogP contribution in [0.4, 0.5) is 5.13 Å². The van der Waals surface area contributed by atoms with Crippen LogP contribution in [0.5, 0.6) is 0 Å². The lowest BCUT2D eigenvalue weighted by Crippen LogP contribution is -2.30. The number of nitrogens with two attached hydrogens (primary N) is 1. The molecule has 0 amide bonds. The molecular weight excluding hydrogens is 488 g/mol. The molecule has 2 aromatic carbocycles. The van der Waals surface area contributed by atoms with Gasteiger partial charge in [-0.2, -0.15) is 0 Å². The highest BCUT2D eigenvalue weighted by molar-refractivity contribution is 9.10. The van der Waals surface area contributed by atoms with E-state index in [1.54, 1.807) is 36.4 Å². The third-order valence-corrected chi connectivity index (χ3v) is 8.35. The van der Waals surface area contributed by atoms with Gasteiger partial charge >= 0.3 is 0 Å². The molecule has 0 bridgehead atoms. The molecule has 0 aliphatic carbocycles. The molecule has 0 saturated carbocycles. The highest BCUT2D eigenvalue weighted by Crippen LogP contribution is 2.30. The Kier molecular flexibility index (Phi) is 5.87. The van der Waals surface area contributed by atoms with E-state index in [2.05, 4.69) is 26.1 Å². The Bertz CT molecular complexity index is 1190. The molecule has 1 aromatic heterocycles. The van der Waals surface area contributed by atoms with Gasteiger partial charge in [-0.25, -0.2) is 26.3 Å². The van der Waals surface area contributed by atoms with E-state index >= 15 is 0 Å². The highest BCUT2D eigenvalue weighted by Gasteiger charge is 2.29. The van der Waals surface area contributed by atoms with Gasteiger partial charge in [0.25, 0.3) is 20.0 Å². The number of aryl methyl sites for hydroxylation is 1. The van der Waals surface area contributed by atoms with Gasteiger partial charge in [0.15, 0.2) is 0 Å². The van der Waals surface area contributed by atoms with E-state index in [9.17, 15) is 16.8 Å². The molecule has 0 atom stereocenters. The SMILES string of the molecule is Cc1ccc(S(=O)(=O)N(Cc2ccc(Br)cc2)c2nnc(S(N)(=O)=O)s2)cc1. The monoisotopic (exact) mass is 502 g/mol. The first-order valence-corrected chi connectivity index (χ1v) is 12.4. The van der Waals surface area contributed by atoms with E-state index in [1.165, 1.54) is 12.1 Å². The van der Waals surface area contributed by atoms with Crippen LogP contribution >= 0.6 is 27.3 Å². The van der Waals surface area contributed by atoms with Crippen LogP contribution < -0.4 is 9.44 Å². The Morgan fingerprint density at radius 3 is 2.14 bits per heavy atom. The molecule has 28 heavy (non-hydrogen) atoms. The number of anilines is 1. The molecule has 0 aliphatic rings. The van der Waals surface area contributed by atoms with Crippen molar-refractivity contribution in [3.63, 3.8) is 0 Å². The Hall–Kier alpha value is -1.86. The number of rotatable bonds is 6. The van der Waals surface area contributed by atoms with Gasteiger partial charge in [-0.1, -0.05) is 57.1 Å². The van der Waals surface area contributed by atoms with Gasteiger partial charge in [-0.15, -0.1) is 10.2 Å². The molecule has 0 saturated heterocycles. The van der Waals surface area contributed by atoms with Crippen LogP contribution in [0.15, 0.2) is 62.2 Å². The summed E-state index contributed by atoms with van der Waals surface area (Å²) in [5.74, 6) is 0. The maximum absolute atomic E-state index is 13.2.